The molecule has 1 aliphatic heterocycles. The zero-order valence-corrected chi connectivity index (χ0v) is 17.5. The second kappa shape index (κ2) is 7.62. The van der Waals surface area contributed by atoms with E-state index < -0.39 is 14.9 Å². The van der Waals surface area contributed by atoms with Gasteiger partial charge in [-0.25, -0.2) is 13.4 Å². The highest BCUT2D eigenvalue weighted by Gasteiger charge is 2.31. The first kappa shape index (κ1) is 20.2. The summed E-state index contributed by atoms with van der Waals surface area (Å²) in [5.41, 5.74) is 2.07. The second-order valence-electron chi connectivity index (χ2n) is 7.32. The average Bonchev–Trinajstić information content (AvgIpc) is 2.73. The van der Waals surface area contributed by atoms with Crippen molar-refractivity contribution in [3.05, 3.63) is 64.0 Å². The summed E-state index contributed by atoms with van der Waals surface area (Å²) in [7, 11) is -3.70. The molecule has 0 aliphatic carbocycles. The van der Waals surface area contributed by atoms with E-state index in [2.05, 4.69) is 9.97 Å². The third-order valence-corrected chi connectivity index (χ3v) is 7.14. The molecule has 0 unspecified atom stereocenters. The van der Waals surface area contributed by atoms with Crippen LogP contribution in [0.4, 0.5) is 11.5 Å². The van der Waals surface area contributed by atoms with Crippen LogP contribution in [0.2, 0.25) is 0 Å². The molecule has 0 saturated carbocycles. The van der Waals surface area contributed by atoms with Gasteiger partial charge in [0.1, 0.15) is 16.9 Å². The number of fused-ring (bicyclic) bond motifs is 1. The number of benzene rings is 1. The molecular formula is C20H21N5O4S. The highest BCUT2D eigenvalue weighted by Crippen LogP contribution is 2.27. The van der Waals surface area contributed by atoms with E-state index >= 15 is 0 Å². The molecule has 0 radical (unpaired) electrons. The van der Waals surface area contributed by atoms with Gasteiger partial charge in [-0.2, -0.15) is 4.31 Å². The summed E-state index contributed by atoms with van der Waals surface area (Å²) in [5, 5.41) is 11.7. The number of para-hydroxylation sites is 1. The van der Waals surface area contributed by atoms with Gasteiger partial charge in [0, 0.05) is 43.8 Å². The van der Waals surface area contributed by atoms with Gasteiger partial charge >= 0.3 is 0 Å². The Balaban J connectivity index is 1.56. The van der Waals surface area contributed by atoms with Crippen LogP contribution < -0.4 is 4.90 Å². The molecule has 156 valence electrons. The van der Waals surface area contributed by atoms with Gasteiger partial charge in [-0.05, 0) is 37.1 Å². The van der Waals surface area contributed by atoms with Crippen molar-refractivity contribution in [2.75, 3.05) is 31.1 Å². The summed E-state index contributed by atoms with van der Waals surface area (Å²) < 4.78 is 28.0. The molecular weight excluding hydrogens is 406 g/mol. The summed E-state index contributed by atoms with van der Waals surface area (Å²) in [6.07, 6.45) is 2.90. The van der Waals surface area contributed by atoms with Crippen molar-refractivity contribution < 1.29 is 13.3 Å². The molecule has 0 atom stereocenters. The van der Waals surface area contributed by atoms with Crippen LogP contribution in [-0.2, 0) is 10.0 Å². The predicted molar refractivity (Wildman–Crippen MR) is 113 cm³/mol. The lowest BCUT2D eigenvalue weighted by Crippen LogP contribution is -2.49. The summed E-state index contributed by atoms with van der Waals surface area (Å²) in [4.78, 5) is 21.2. The molecule has 1 saturated heterocycles. The lowest BCUT2D eigenvalue weighted by atomic mass is 10.2. The van der Waals surface area contributed by atoms with E-state index in [0.717, 1.165) is 10.9 Å². The molecule has 4 rings (SSSR count). The minimum atomic E-state index is -3.70. The molecule has 30 heavy (non-hydrogen) atoms. The topological polar surface area (TPSA) is 110 Å². The number of hydrogen-bond acceptors (Lipinski definition) is 7. The van der Waals surface area contributed by atoms with Gasteiger partial charge in [-0.15, -0.1) is 0 Å². The van der Waals surface area contributed by atoms with Crippen molar-refractivity contribution in [3.8, 4) is 0 Å². The number of anilines is 1. The fourth-order valence-corrected chi connectivity index (χ4v) is 5.30. The number of aromatic nitrogens is 2. The Labute approximate surface area is 174 Å². The lowest BCUT2D eigenvalue weighted by Gasteiger charge is -2.35. The van der Waals surface area contributed by atoms with E-state index in [4.69, 9.17) is 0 Å². The zero-order valence-electron chi connectivity index (χ0n) is 16.6. The molecule has 9 nitrogen and oxygen atoms in total. The van der Waals surface area contributed by atoms with E-state index in [9.17, 15) is 18.5 Å². The van der Waals surface area contributed by atoms with E-state index in [-0.39, 0.29) is 10.6 Å². The smallest absolute Gasteiger partial charge is 0.287 e. The molecule has 0 amide bonds. The van der Waals surface area contributed by atoms with E-state index in [0.29, 0.717) is 43.1 Å². The SMILES string of the molecule is Cc1cnc2c(S(=O)(=O)N3CCN(c4ncc([N+](=O)[O-])cc4C)CC3)cccc2c1. The Morgan fingerprint density at radius 1 is 1.03 bits per heavy atom. The van der Waals surface area contributed by atoms with Gasteiger partial charge in [-0.3, -0.25) is 15.1 Å². The number of aryl methyl sites for hydroxylation is 2. The predicted octanol–water partition coefficient (Wildman–Crippen LogP) is 2.67. The minimum absolute atomic E-state index is 0.0591. The first-order chi connectivity index (χ1) is 14.3. The normalized spacial score (nSPS) is 15.5. The van der Waals surface area contributed by atoms with Crippen molar-refractivity contribution in [2.24, 2.45) is 0 Å². The van der Waals surface area contributed by atoms with Crippen molar-refractivity contribution in [3.63, 3.8) is 0 Å². The highest BCUT2D eigenvalue weighted by molar-refractivity contribution is 7.89. The van der Waals surface area contributed by atoms with E-state index in [1.54, 1.807) is 25.3 Å². The maximum atomic E-state index is 13.3. The third kappa shape index (κ3) is 3.59. The Hall–Kier alpha value is -3.11. The fourth-order valence-electron chi connectivity index (χ4n) is 3.71. The minimum Gasteiger partial charge on any atom is -0.354 e. The van der Waals surface area contributed by atoms with E-state index in [1.165, 1.54) is 16.6 Å². The largest absolute Gasteiger partial charge is 0.354 e. The molecule has 1 aromatic carbocycles. The zero-order chi connectivity index (χ0) is 21.5. The molecule has 2 aromatic heterocycles. The maximum Gasteiger partial charge on any atom is 0.287 e. The molecule has 0 spiro atoms. The molecule has 1 fully saturated rings. The number of nitrogens with zero attached hydrogens (tertiary/aromatic N) is 5. The Morgan fingerprint density at radius 3 is 2.43 bits per heavy atom. The van der Waals surface area contributed by atoms with Crippen LogP contribution in [-0.4, -0.2) is 53.8 Å². The van der Waals surface area contributed by atoms with Crippen molar-refractivity contribution in [1.29, 1.82) is 0 Å². The summed E-state index contributed by atoms with van der Waals surface area (Å²) in [5.74, 6) is 0.639. The molecule has 10 heteroatoms. The van der Waals surface area contributed by atoms with Crippen molar-refractivity contribution >= 4 is 32.4 Å². The number of piperazine rings is 1. The molecule has 3 heterocycles. The van der Waals surface area contributed by atoms with Crippen LogP contribution in [0.3, 0.4) is 0 Å². The first-order valence-electron chi connectivity index (χ1n) is 9.49. The molecule has 0 N–H and O–H groups in total. The van der Waals surface area contributed by atoms with Crippen LogP contribution in [0.5, 0.6) is 0 Å². The Bertz CT molecular complexity index is 1240. The van der Waals surface area contributed by atoms with Crippen LogP contribution in [0.15, 0.2) is 47.6 Å². The Morgan fingerprint density at radius 2 is 1.77 bits per heavy atom. The first-order valence-corrected chi connectivity index (χ1v) is 10.9. The van der Waals surface area contributed by atoms with Crippen LogP contribution in [0.1, 0.15) is 11.1 Å². The summed E-state index contributed by atoms with van der Waals surface area (Å²) >= 11 is 0. The van der Waals surface area contributed by atoms with Crippen LogP contribution in [0, 0.1) is 24.0 Å². The number of hydrogen-bond donors (Lipinski definition) is 0. The van der Waals surface area contributed by atoms with Gasteiger partial charge in [0.25, 0.3) is 5.69 Å². The number of rotatable bonds is 4. The van der Waals surface area contributed by atoms with Gasteiger partial charge in [-0.1, -0.05) is 12.1 Å². The maximum absolute atomic E-state index is 13.3. The third-order valence-electron chi connectivity index (χ3n) is 5.21. The lowest BCUT2D eigenvalue weighted by molar-refractivity contribution is -0.385. The molecule has 1 aliphatic rings. The molecule has 0 bridgehead atoms. The highest BCUT2D eigenvalue weighted by atomic mass is 32.2. The summed E-state index contributed by atoms with van der Waals surface area (Å²) in [6, 6.07) is 8.58. The standard InChI is InChI=1S/C20H21N5O4S/c1-14-10-16-4-3-5-18(19(16)21-12-14)30(28,29)24-8-6-23(7-9-24)20-15(2)11-17(13-22-20)25(26)27/h3-5,10-13H,6-9H2,1-2H3. The van der Waals surface area contributed by atoms with Gasteiger partial charge in [0.05, 0.1) is 10.4 Å². The van der Waals surface area contributed by atoms with Crippen LogP contribution in [0.25, 0.3) is 10.9 Å². The van der Waals surface area contributed by atoms with Gasteiger partial charge in [0.2, 0.25) is 10.0 Å². The molecule has 3 aromatic rings. The monoisotopic (exact) mass is 427 g/mol. The van der Waals surface area contributed by atoms with Crippen molar-refractivity contribution in [1.82, 2.24) is 14.3 Å². The number of sulfonamides is 1. The quantitative estimate of drug-likeness (QED) is 0.465. The van der Waals surface area contributed by atoms with Gasteiger partial charge < -0.3 is 4.90 Å². The number of pyridine rings is 2. The second-order valence-corrected chi connectivity index (χ2v) is 9.23. The number of nitro groups is 1. The van der Waals surface area contributed by atoms with Crippen molar-refractivity contribution in [2.45, 2.75) is 18.7 Å². The van der Waals surface area contributed by atoms with Crippen LogP contribution >= 0.6 is 0 Å². The average molecular weight is 427 g/mol. The fraction of sp³-hybridized carbons (Fsp3) is 0.300. The Kier molecular flexibility index (Phi) is 5.12. The van der Waals surface area contributed by atoms with E-state index in [1.807, 2.05) is 24.0 Å². The van der Waals surface area contributed by atoms with Gasteiger partial charge in [0.15, 0.2) is 0 Å². The summed E-state index contributed by atoms with van der Waals surface area (Å²) in [6.45, 7) is 5.17.